The van der Waals surface area contributed by atoms with E-state index in [2.05, 4.69) is 93.2 Å². The minimum absolute atomic E-state index is 0.350. The van der Waals surface area contributed by atoms with Gasteiger partial charge in [-0.3, -0.25) is 9.80 Å². The molecule has 0 saturated carbocycles. The minimum Gasteiger partial charge on any atom is -0.492 e. The number of methoxy groups -OCH3 is 1. The van der Waals surface area contributed by atoms with E-state index < -0.39 is 0 Å². The molecule has 1 unspecified atom stereocenters. The maximum atomic E-state index is 6.09. The van der Waals surface area contributed by atoms with E-state index in [1.807, 2.05) is 7.11 Å². The monoisotopic (exact) mass is 509 g/mol. The topological polar surface area (TPSA) is 29.9 Å². The van der Waals surface area contributed by atoms with Crippen LogP contribution in [0.15, 0.2) is 78.9 Å². The van der Waals surface area contributed by atoms with Crippen molar-refractivity contribution in [3.8, 4) is 17.0 Å². The summed E-state index contributed by atoms with van der Waals surface area (Å²) in [7, 11) is 1.83. The first-order chi connectivity index (χ1) is 18.8. The highest BCUT2D eigenvalue weighted by molar-refractivity contribution is 5.90. The molecule has 198 valence electrons. The third-order valence-electron chi connectivity index (χ3n) is 8.20. The Labute approximate surface area is 226 Å². The van der Waals surface area contributed by atoms with Crippen molar-refractivity contribution in [1.82, 2.24) is 14.4 Å². The zero-order valence-electron chi connectivity index (χ0n) is 22.5. The van der Waals surface area contributed by atoms with Crippen LogP contribution in [-0.4, -0.2) is 66.9 Å². The molecule has 2 aliphatic rings. The molecule has 4 aromatic rings. The van der Waals surface area contributed by atoms with E-state index in [4.69, 9.17) is 9.47 Å². The van der Waals surface area contributed by atoms with Crippen LogP contribution >= 0.6 is 0 Å². The summed E-state index contributed by atoms with van der Waals surface area (Å²) in [4.78, 5) is 5.01. The summed E-state index contributed by atoms with van der Waals surface area (Å²) in [6.45, 7) is 8.06. The molecule has 6 rings (SSSR count). The Morgan fingerprint density at radius 1 is 0.816 bits per heavy atom. The normalized spacial score (nSPS) is 18.5. The van der Waals surface area contributed by atoms with Gasteiger partial charge in [-0.25, -0.2) is 0 Å². The van der Waals surface area contributed by atoms with E-state index in [1.54, 1.807) is 0 Å². The van der Waals surface area contributed by atoms with Crippen molar-refractivity contribution < 1.29 is 9.47 Å². The molecular formula is C33H39N3O2. The van der Waals surface area contributed by atoms with E-state index in [0.717, 1.165) is 51.5 Å². The Morgan fingerprint density at radius 3 is 2.39 bits per heavy atom. The lowest BCUT2D eigenvalue weighted by Crippen LogP contribution is -2.25. The van der Waals surface area contributed by atoms with Crippen molar-refractivity contribution in [3.63, 3.8) is 0 Å². The molecule has 1 aromatic heterocycles. The standard InChI is InChI=1S/C33H39N3O2/c1-37-30-16-19-35(25-30)24-28-10-7-11-32-31(28)22-33(36(32)23-26-8-3-2-4-9-26)27-12-14-29(15-13-27)38-21-20-34-17-5-6-18-34/h2-4,7-15,22,30H,5-6,16-21,23-25H2,1H3. The summed E-state index contributed by atoms with van der Waals surface area (Å²) in [6, 6.07) is 28.6. The lowest BCUT2D eigenvalue weighted by Gasteiger charge is -2.16. The molecule has 38 heavy (non-hydrogen) atoms. The highest BCUT2D eigenvalue weighted by Gasteiger charge is 2.23. The summed E-state index contributed by atoms with van der Waals surface area (Å²) in [5.41, 5.74) is 6.44. The summed E-state index contributed by atoms with van der Waals surface area (Å²) in [6.07, 6.45) is 4.10. The highest BCUT2D eigenvalue weighted by atomic mass is 16.5. The maximum Gasteiger partial charge on any atom is 0.119 e. The fourth-order valence-electron chi connectivity index (χ4n) is 6.05. The van der Waals surface area contributed by atoms with Gasteiger partial charge >= 0.3 is 0 Å². The molecule has 0 N–H and O–H groups in total. The molecule has 0 bridgehead atoms. The maximum absolute atomic E-state index is 6.09. The smallest absolute Gasteiger partial charge is 0.119 e. The number of fused-ring (bicyclic) bond motifs is 1. The molecule has 1 atom stereocenters. The van der Waals surface area contributed by atoms with E-state index in [-0.39, 0.29) is 0 Å². The van der Waals surface area contributed by atoms with Gasteiger partial charge < -0.3 is 14.0 Å². The molecule has 2 saturated heterocycles. The molecule has 0 spiro atoms. The summed E-state index contributed by atoms with van der Waals surface area (Å²) in [5, 5.41) is 1.34. The third kappa shape index (κ3) is 5.65. The second-order valence-corrected chi connectivity index (χ2v) is 10.8. The molecule has 0 amide bonds. The largest absolute Gasteiger partial charge is 0.492 e. The number of benzene rings is 3. The van der Waals surface area contributed by atoms with Crippen molar-refractivity contribution in [2.75, 3.05) is 46.4 Å². The molecule has 3 heterocycles. The molecule has 5 nitrogen and oxygen atoms in total. The second-order valence-electron chi connectivity index (χ2n) is 10.8. The van der Waals surface area contributed by atoms with Gasteiger partial charge in [-0.05, 0) is 85.4 Å². The number of ether oxygens (including phenoxy) is 2. The van der Waals surface area contributed by atoms with Gasteiger partial charge in [0.05, 0.1) is 6.10 Å². The second kappa shape index (κ2) is 11.7. The van der Waals surface area contributed by atoms with Gasteiger partial charge in [-0.1, -0.05) is 42.5 Å². The molecule has 2 aliphatic heterocycles. The molecule has 5 heteroatoms. The van der Waals surface area contributed by atoms with Crippen LogP contribution in [0.4, 0.5) is 0 Å². The van der Waals surface area contributed by atoms with Crippen molar-refractivity contribution >= 4 is 10.9 Å². The predicted octanol–water partition coefficient (Wildman–Crippen LogP) is 6.05. The van der Waals surface area contributed by atoms with E-state index in [9.17, 15) is 0 Å². The first-order valence-corrected chi connectivity index (χ1v) is 14.1. The quantitative estimate of drug-likeness (QED) is 0.260. The fraction of sp³-hybridized carbons (Fsp3) is 0.394. The van der Waals surface area contributed by atoms with Crippen LogP contribution in [-0.2, 0) is 17.8 Å². The number of aromatic nitrogens is 1. The van der Waals surface area contributed by atoms with Crippen LogP contribution in [0.3, 0.4) is 0 Å². The molecular weight excluding hydrogens is 470 g/mol. The van der Waals surface area contributed by atoms with Crippen LogP contribution in [0.1, 0.15) is 30.4 Å². The Balaban J connectivity index is 1.28. The molecule has 0 aliphatic carbocycles. The average Bonchev–Trinajstić information content (AvgIpc) is 3.71. The zero-order chi connectivity index (χ0) is 25.7. The number of hydrogen-bond donors (Lipinski definition) is 0. The molecule has 2 fully saturated rings. The average molecular weight is 510 g/mol. The Hall–Kier alpha value is -3.12. The van der Waals surface area contributed by atoms with Crippen molar-refractivity contribution in [3.05, 3.63) is 90.0 Å². The molecule has 0 radical (unpaired) electrons. The number of nitrogens with zero attached hydrogens (tertiary/aromatic N) is 3. The van der Waals surface area contributed by atoms with Gasteiger partial charge in [-0.2, -0.15) is 0 Å². The number of likely N-dealkylation sites (tertiary alicyclic amines) is 2. The van der Waals surface area contributed by atoms with Crippen LogP contribution in [0.2, 0.25) is 0 Å². The number of hydrogen-bond acceptors (Lipinski definition) is 4. The number of rotatable bonds is 10. The Morgan fingerprint density at radius 2 is 1.63 bits per heavy atom. The third-order valence-corrected chi connectivity index (χ3v) is 8.20. The van der Waals surface area contributed by atoms with Crippen LogP contribution in [0, 0.1) is 0 Å². The van der Waals surface area contributed by atoms with Crippen molar-refractivity contribution in [2.45, 2.75) is 38.5 Å². The Bertz CT molecular complexity index is 1330. The first-order valence-electron chi connectivity index (χ1n) is 14.1. The van der Waals surface area contributed by atoms with Crippen LogP contribution < -0.4 is 4.74 Å². The predicted molar refractivity (Wildman–Crippen MR) is 155 cm³/mol. The highest BCUT2D eigenvalue weighted by Crippen LogP contribution is 2.33. The van der Waals surface area contributed by atoms with Gasteiger partial charge in [0.25, 0.3) is 0 Å². The summed E-state index contributed by atoms with van der Waals surface area (Å²) < 4.78 is 14.2. The molecule has 3 aromatic carbocycles. The zero-order valence-corrected chi connectivity index (χ0v) is 22.5. The van der Waals surface area contributed by atoms with Crippen LogP contribution in [0.25, 0.3) is 22.2 Å². The fourth-order valence-corrected chi connectivity index (χ4v) is 6.05. The summed E-state index contributed by atoms with van der Waals surface area (Å²) in [5.74, 6) is 0.945. The van der Waals surface area contributed by atoms with E-state index in [0.29, 0.717) is 6.10 Å². The van der Waals surface area contributed by atoms with Gasteiger partial charge in [-0.15, -0.1) is 0 Å². The lowest BCUT2D eigenvalue weighted by molar-refractivity contribution is 0.107. The summed E-state index contributed by atoms with van der Waals surface area (Å²) >= 11 is 0. The van der Waals surface area contributed by atoms with Gasteiger partial charge in [0.2, 0.25) is 0 Å². The van der Waals surface area contributed by atoms with Gasteiger partial charge in [0.15, 0.2) is 0 Å². The van der Waals surface area contributed by atoms with Crippen molar-refractivity contribution in [2.24, 2.45) is 0 Å². The van der Waals surface area contributed by atoms with E-state index >= 15 is 0 Å². The SMILES string of the molecule is COC1CCN(Cc2cccc3c2cc(-c2ccc(OCCN4CCCC4)cc2)n3Cc2ccccc2)C1. The van der Waals surface area contributed by atoms with Gasteiger partial charge in [0, 0.05) is 56.4 Å². The van der Waals surface area contributed by atoms with Crippen molar-refractivity contribution in [1.29, 1.82) is 0 Å². The van der Waals surface area contributed by atoms with Crippen LogP contribution in [0.5, 0.6) is 5.75 Å². The lowest BCUT2D eigenvalue weighted by atomic mass is 10.1. The Kier molecular flexibility index (Phi) is 7.77. The minimum atomic E-state index is 0.350. The van der Waals surface area contributed by atoms with E-state index in [1.165, 1.54) is 59.2 Å². The van der Waals surface area contributed by atoms with Gasteiger partial charge in [0.1, 0.15) is 12.4 Å². The first kappa shape index (κ1) is 25.2.